The van der Waals surface area contributed by atoms with Gasteiger partial charge >= 0.3 is 0 Å². The first-order valence-corrected chi connectivity index (χ1v) is 6.44. The number of para-hydroxylation sites is 2. The smallest absolute Gasteiger partial charge is 0.273 e. The van der Waals surface area contributed by atoms with E-state index in [4.69, 9.17) is 16.6 Å². The van der Waals surface area contributed by atoms with Crippen LogP contribution in [-0.4, -0.2) is 10.4 Å². The molecule has 0 aliphatic heterocycles. The van der Waals surface area contributed by atoms with Crippen molar-refractivity contribution in [2.75, 3.05) is 0 Å². The van der Waals surface area contributed by atoms with Crippen LogP contribution in [0.25, 0.3) is 17.3 Å². The normalized spacial score (nSPS) is 11.4. The lowest BCUT2D eigenvalue weighted by Gasteiger charge is -1.95. The van der Waals surface area contributed by atoms with Gasteiger partial charge in [0.1, 0.15) is 0 Å². The van der Waals surface area contributed by atoms with Crippen molar-refractivity contribution in [1.29, 1.82) is 0 Å². The summed E-state index contributed by atoms with van der Waals surface area (Å²) in [5.74, 6) is 0.115. The Morgan fingerprint density at radius 2 is 2.22 bits per heavy atom. The van der Waals surface area contributed by atoms with Gasteiger partial charge in [0.15, 0.2) is 11.4 Å². The molecule has 94 valence electrons. The van der Waals surface area contributed by atoms with Crippen molar-refractivity contribution in [3.05, 3.63) is 35.2 Å². The van der Waals surface area contributed by atoms with Crippen molar-refractivity contribution in [3.63, 3.8) is 0 Å². The highest BCUT2D eigenvalue weighted by atomic mass is 32.1. The van der Waals surface area contributed by atoms with Crippen molar-refractivity contribution < 1.29 is 9.21 Å². The van der Waals surface area contributed by atoms with Crippen molar-refractivity contribution in [3.8, 4) is 0 Å². The molecule has 1 heterocycles. The molecule has 2 aromatic rings. The van der Waals surface area contributed by atoms with Crippen LogP contribution in [0.15, 0.2) is 34.8 Å². The lowest BCUT2D eigenvalue weighted by atomic mass is 10.2. The summed E-state index contributed by atoms with van der Waals surface area (Å²) >= 11 is 5.13. The average molecular weight is 261 g/mol. The fraction of sp³-hybridized carbons (Fsp3) is 0.286. The molecule has 4 heteroatoms. The number of carbonyl (C=O) groups excluding carboxylic acids is 1. The molecule has 0 unspecified atom stereocenters. The summed E-state index contributed by atoms with van der Waals surface area (Å²) in [6.45, 7) is 2.07. The van der Waals surface area contributed by atoms with Gasteiger partial charge in [-0.1, -0.05) is 25.5 Å². The highest BCUT2D eigenvalue weighted by molar-refractivity contribution is 7.71. The van der Waals surface area contributed by atoms with Crippen LogP contribution in [0.1, 0.15) is 26.2 Å². The monoisotopic (exact) mass is 261 g/mol. The summed E-state index contributed by atoms with van der Waals surface area (Å²) in [7, 11) is 0. The Morgan fingerprint density at radius 1 is 1.44 bits per heavy atom. The van der Waals surface area contributed by atoms with Crippen LogP contribution < -0.4 is 0 Å². The van der Waals surface area contributed by atoms with E-state index >= 15 is 0 Å². The average Bonchev–Trinajstić information content (AvgIpc) is 2.69. The molecule has 0 spiro atoms. The molecule has 0 bridgehead atoms. The van der Waals surface area contributed by atoms with E-state index in [-0.39, 0.29) is 5.78 Å². The van der Waals surface area contributed by atoms with E-state index in [0.29, 0.717) is 11.3 Å². The summed E-state index contributed by atoms with van der Waals surface area (Å²) in [6.07, 6.45) is 5.77. The molecule has 0 aliphatic carbocycles. The number of allylic oxidation sites excluding steroid dienone is 1. The molecule has 3 nitrogen and oxygen atoms in total. The van der Waals surface area contributed by atoms with Crippen LogP contribution >= 0.6 is 12.2 Å². The van der Waals surface area contributed by atoms with Crippen LogP contribution in [0.2, 0.25) is 0 Å². The predicted molar refractivity (Wildman–Crippen MR) is 74.9 cm³/mol. The molecule has 1 aromatic heterocycles. The summed E-state index contributed by atoms with van der Waals surface area (Å²) in [5.41, 5.74) is 1.61. The van der Waals surface area contributed by atoms with Crippen molar-refractivity contribution >= 4 is 35.3 Å². The first kappa shape index (κ1) is 12.8. The second-order valence-corrected chi connectivity index (χ2v) is 4.44. The number of nitrogens with zero attached hydrogens (tertiary/aromatic N) is 1. The highest BCUT2D eigenvalue weighted by Gasteiger charge is 2.03. The summed E-state index contributed by atoms with van der Waals surface area (Å²) in [5, 5.41) is 0. The minimum absolute atomic E-state index is 0.115. The van der Waals surface area contributed by atoms with Gasteiger partial charge in [0.2, 0.25) is 0 Å². The van der Waals surface area contributed by atoms with Gasteiger partial charge in [-0.25, -0.2) is 0 Å². The number of benzene rings is 1. The Labute approximate surface area is 111 Å². The number of oxazole rings is 1. The van der Waals surface area contributed by atoms with Crippen molar-refractivity contribution in [2.24, 2.45) is 0 Å². The Bertz CT molecular complexity index is 637. The quantitative estimate of drug-likeness (QED) is 0.598. The third-order valence-corrected chi connectivity index (χ3v) is 2.99. The number of hydrogen-bond acceptors (Lipinski definition) is 3. The molecule has 18 heavy (non-hydrogen) atoms. The summed E-state index contributed by atoms with van der Waals surface area (Å²) < 4.78 is 7.14. The summed E-state index contributed by atoms with van der Waals surface area (Å²) in [4.78, 5) is 11.9. The first-order chi connectivity index (χ1) is 8.72. The molecule has 1 aromatic carbocycles. The second-order valence-electron chi connectivity index (χ2n) is 4.09. The van der Waals surface area contributed by atoms with E-state index in [1.807, 2.05) is 24.3 Å². The van der Waals surface area contributed by atoms with Crippen LogP contribution in [0.3, 0.4) is 0 Å². The van der Waals surface area contributed by atoms with Crippen molar-refractivity contribution in [2.45, 2.75) is 26.2 Å². The van der Waals surface area contributed by atoms with Crippen LogP contribution in [-0.2, 0) is 4.79 Å². The number of ketones is 1. The van der Waals surface area contributed by atoms with Gasteiger partial charge in [0.05, 0.1) is 5.52 Å². The lowest BCUT2D eigenvalue weighted by molar-refractivity contribution is -0.114. The Kier molecular flexibility index (Phi) is 4.10. The Morgan fingerprint density at radius 3 is 3.00 bits per heavy atom. The third-order valence-electron chi connectivity index (χ3n) is 2.70. The van der Waals surface area contributed by atoms with E-state index in [1.54, 1.807) is 16.8 Å². The fourth-order valence-electron chi connectivity index (χ4n) is 1.72. The maximum atomic E-state index is 11.6. The molecule has 0 N–H and O–H groups in total. The van der Waals surface area contributed by atoms with Crippen LogP contribution in [0.4, 0.5) is 0 Å². The number of aromatic nitrogens is 1. The number of fused-ring (bicyclic) bond motifs is 1. The van der Waals surface area contributed by atoms with E-state index in [9.17, 15) is 4.79 Å². The minimum atomic E-state index is 0.115. The summed E-state index contributed by atoms with van der Waals surface area (Å²) in [6, 6.07) is 7.57. The Balaban J connectivity index is 2.26. The molecular formula is C14H15NO2S. The van der Waals surface area contributed by atoms with Gasteiger partial charge < -0.3 is 4.42 Å². The number of unbranched alkanes of at least 4 members (excludes halogenated alkanes) is 1. The molecule has 0 atom stereocenters. The van der Waals surface area contributed by atoms with Gasteiger partial charge in [-0.05, 0) is 36.8 Å². The van der Waals surface area contributed by atoms with Gasteiger partial charge in [-0.15, -0.1) is 0 Å². The molecule has 0 saturated heterocycles. The number of carbonyl (C=O) groups is 1. The van der Waals surface area contributed by atoms with E-state index in [2.05, 4.69) is 6.92 Å². The highest BCUT2D eigenvalue weighted by Crippen LogP contribution is 2.17. The fourth-order valence-corrected chi connectivity index (χ4v) is 1.97. The van der Waals surface area contributed by atoms with Crippen LogP contribution in [0, 0.1) is 4.84 Å². The molecule has 0 amide bonds. The largest absolute Gasteiger partial charge is 0.429 e. The van der Waals surface area contributed by atoms with E-state index in [1.165, 1.54) is 0 Å². The van der Waals surface area contributed by atoms with Crippen molar-refractivity contribution in [1.82, 2.24) is 4.57 Å². The standard InChI is InChI=1S/C14H15NO2S/c1-2-3-6-11(16)9-10-15-12-7-4-5-8-13(12)17-14(15)18/h4-5,7-10H,2-3,6H2,1H3. The second kappa shape index (κ2) is 5.78. The van der Waals surface area contributed by atoms with Gasteiger partial charge in [0, 0.05) is 12.6 Å². The number of rotatable bonds is 5. The molecule has 0 radical (unpaired) electrons. The van der Waals surface area contributed by atoms with Gasteiger partial charge in [-0.3, -0.25) is 9.36 Å². The van der Waals surface area contributed by atoms with Crippen LogP contribution in [0.5, 0.6) is 0 Å². The number of hydrogen-bond donors (Lipinski definition) is 0. The lowest BCUT2D eigenvalue weighted by Crippen LogP contribution is -1.93. The predicted octanol–water partition coefficient (Wildman–Crippen LogP) is 4.19. The molecule has 0 aliphatic rings. The zero-order valence-corrected chi connectivity index (χ0v) is 11.1. The van der Waals surface area contributed by atoms with Gasteiger partial charge in [-0.2, -0.15) is 0 Å². The molecule has 0 saturated carbocycles. The van der Waals surface area contributed by atoms with E-state index < -0.39 is 0 Å². The first-order valence-electron chi connectivity index (χ1n) is 6.03. The maximum Gasteiger partial charge on any atom is 0.273 e. The zero-order valence-electron chi connectivity index (χ0n) is 10.3. The SMILES string of the molecule is CCCCC(=O)C=Cn1c(=S)oc2ccccc21. The Hall–Kier alpha value is -1.68. The third kappa shape index (κ3) is 2.76. The zero-order chi connectivity index (χ0) is 13.0. The maximum absolute atomic E-state index is 11.6. The van der Waals surface area contributed by atoms with Gasteiger partial charge in [0.25, 0.3) is 4.84 Å². The molecule has 0 fully saturated rings. The topological polar surface area (TPSA) is 35.1 Å². The van der Waals surface area contributed by atoms with E-state index in [0.717, 1.165) is 23.9 Å². The minimum Gasteiger partial charge on any atom is -0.429 e. The molecule has 2 rings (SSSR count). The molecular weight excluding hydrogens is 246 g/mol.